The summed E-state index contributed by atoms with van der Waals surface area (Å²) in [5.74, 6) is -0.150. The first-order valence-corrected chi connectivity index (χ1v) is 8.17. The lowest BCUT2D eigenvalue weighted by molar-refractivity contribution is -0.151. The summed E-state index contributed by atoms with van der Waals surface area (Å²) < 4.78 is 10.6. The fraction of sp³-hybridized carbons (Fsp3) is 0.938. The van der Waals surface area contributed by atoms with Crippen molar-refractivity contribution in [2.24, 2.45) is 5.92 Å². The maximum absolute atomic E-state index is 11.7. The van der Waals surface area contributed by atoms with Crippen molar-refractivity contribution in [3.63, 3.8) is 0 Å². The molecule has 0 spiro atoms. The highest BCUT2D eigenvalue weighted by molar-refractivity contribution is 5.72. The average Bonchev–Trinajstić information content (AvgIpc) is 2.43. The molecule has 2 fully saturated rings. The van der Waals surface area contributed by atoms with E-state index in [1.807, 2.05) is 6.92 Å². The van der Waals surface area contributed by atoms with Gasteiger partial charge < -0.3 is 19.9 Å². The van der Waals surface area contributed by atoms with Crippen molar-refractivity contribution in [3.8, 4) is 0 Å². The maximum atomic E-state index is 11.7. The summed E-state index contributed by atoms with van der Waals surface area (Å²) >= 11 is 0. The number of esters is 1. The summed E-state index contributed by atoms with van der Waals surface area (Å²) in [5, 5.41) is 14.0. The van der Waals surface area contributed by atoms with Gasteiger partial charge in [0.05, 0.1) is 23.7 Å². The highest BCUT2D eigenvalue weighted by Gasteiger charge is 2.39. The predicted octanol–water partition coefficient (Wildman–Crippen LogP) is 1.63. The van der Waals surface area contributed by atoms with E-state index in [0.29, 0.717) is 38.8 Å². The lowest BCUT2D eigenvalue weighted by Gasteiger charge is -2.42. The Morgan fingerprint density at radius 1 is 1.24 bits per heavy atom. The number of carbonyl (C=O) groups excluding carboxylic acids is 1. The zero-order valence-electron chi connectivity index (χ0n) is 13.3. The van der Waals surface area contributed by atoms with Gasteiger partial charge >= 0.3 is 5.97 Å². The number of hydrogen-bond donors (Lipinski definition) is 2. The van der Waals surface area contributed by atoms with Crippen LogP contribution in [0.4, 0.5) is 0 Å². The van der Waals surface area contributed by atoms with E-state index in [0.717, 1.165) is 19.4 Å². The van der Waals surface area contributed by atoms with Gasteiger partial charge in [0, 0.05) is 20.2 Å². The fourth-order valence-electron chi connectivity index (χ4n) is 3.37. The van der Waals surface area contributed by atoms with E-state index in [4.69, 9.17) is 9.47 Å². The van der Waals surface area contributed by atoms with Crippen LogP contribution in [0.15, 0.2) is 0 Å². The molecule has 2 saturated carbocycles. The first-order valence-electron chi connectivity index (χ1n) is 8.17. The van der Waals surface area contributed by atoms with Crippen molar-refractivity contribution >= 4 is 5.97 Å². The van der Waals surface area contributed by atoms with E-state index in [9.17, 15) is 9.90 Å². The van der Waals surface area contributed by atoms with E-state index in [1.165, 1.54) is 6.42 Å². The molecular weight excluding hydrogens is 270 g/mol. The predicted molar refractivity (Wildman–Crippen MR) is 80.0 cm³/mol. The van der Waals surface area contributed by atoms with Crippen LogP contribution in [0.5, 0.6) is 0 Å². The van der Waals surface area contributed by atoms with Crippen molar-refractivity contribution in [2.45, 2.75) is 63.1 Å². The van der Waals surface area contributed by atoms with Gasteiger partial charge in [0.2, 0.25) is 0 Å². The molecule has 0 heterocycles. The third kappa shape index (κ3) is 4.18. The van der Waals surface area contributed by atoms with Crippen LogP contribution in [0.25, 0.3) is 0 Å². The number of nitrogens with one attached hydrogen (secondary N) is 1. The number of rotatable bonds is 7. The molecule has 5 heteroatoms. The van der Waals surface area contributed by atoms with Crippen LogP contribution in [0.1, 0.15) is 51.9 Å². The van der Waals surface area contributed by atoms with E-state index < -0.39 is 5.60 Å². The number of ether oxygens (including phenoxy) is 2. The molecule has 2 aliphatic rings. The SMILES string of the molecule is CCOC(=O)C1CCC(O)(CNCC2(OC)CCC2)CC1. The second kappa shape index (κ2) is 7.07. The molecule has 2 rings (SSSR count). The molecule has 5 nitrogen and oxygen atoms in total. The zero-order chi connectivity index (χ0) is 15.3. The Balaban J connectivity index is 1.71. The third-order valence-electron chi connectivity index (χ3n) is 5.14. The van der Waals surface area contributed by atoms with Crippen LogP contribution in [-0.2, 0) is 14.3 Å². The first kappa shape index (κ1) is 16.7. The Morgan fingerprint density at radius 2 is 1.90 bits per heavy atom. The van der Waals surface area contributed by atoms with Crippen molar-refractivity contribution in [2.75, 3.05) is 26.8 Å². The summed E-state index contributed by atoms with van der Waals surface area (Å²) in [5.41, 5.74) is -0.708. The molecule has 0 atom stereocenters. The highest BCUT2D eigenvalue weighted by Crippen LogP contribution is 2.35. The van der Waals surface area contributed by atoms with Gasteiger partial charge in [-0.3, -0.25) is 4.79 Å². The Hall–Kier alpha value is -0.650. The Kier molecular flexibility index (Phi) is 5.63. The molecule has 0 aromatic heterocycles. The smallest absolute Gasteiger partial charge is 0.308 e. The molecule has 0 bridgehead atoms. The Labute approximate surface area is 127 Å². The molecule has 0 aromatic carbocycles. The van der Waals surface area contributed by atoms with Gasteiger partial charge in [-0.15, -0.1) is 0 Å². The molecule has 2 aliphatic carbocycles. The lowest BCUT2D eigenvalue weighted by atomic mass is 9.77. The second-order valence-corrected chi connectivity index (χ2v) is 6.59. The number of aliphatic hydroxyl groups is 1. The van der Waals surface area contributed by atoms with Crippen molar-refractivity contribution in [3.05, 3.63) is 0 Å². The molecule has 0 radical (unpaired) electrons. The second-order valence-electron chi connectivity index (χ2n) is 6.59. The van der Waals surface area contributed by atoms with Gasteiger partial charge in [-0.2, -0.15) is 0 Å². The summed E-state index contributed by atoms with van der Waals surface area (Å²) in [6.45, 7) is 3.63. The zero-order valence-corrected chi connectivity index (χ0v) is 13.3. The molecule has 122 valence electrons. The van der Waals surface area contributed by atoms with Crippen molar-refractivity contribution < 1.29 is 19.4 Å². The summed E-state index contributed by atoms with van der Waals surface area (Å²) in [6, 6.07) is 0. The fourth-order valence-corrected chi connectivity index (χ4v) is 3.37. The standard InChI is InChI=1S/C16H29NO4/c1-3-21-14(18)13-5-9-15(19,10-6-13)11-17-12-16(20-2)7-4-8-16/h13,17,19H,3-12H2,1-2H3. The number of methoxy groups -OCH3 is 1. The monoisotopic (exact) mass is 299 g/mol. The summed E-state index contributed by atoms with van der Waals surface area (Å²) in [7, 11) is 1.76. The van der Waals surface area contributed by atoms with Gasteiger partial charge in [-0.25, -0.2) is 0 Å². The van der Waals surface area contributed by atoms with Crippen LogP contribution >= 0.6 is 0 Å². The van der Waals surface area contributed by atoms with E-state index >= 15 is 0 Å². The van der Waals surface area contributed by atoms with Crippen LogP contribution in [0.2, 0.25) is 0 Å². The van der Waals surface area contributed by atoms with Gasteiger partial charge in [0.15, 0.2) is 0 Å². The minimum Gasteiger partial charge on any atom is -0.466 e. The molecule has 0 aromatic rings. The molecule has 0 aliphatic heterocycles. The molecular formula is C16H29NO4. The quantitative estimate of drug-likeness (QED) is 0.699. The Morgan fingerprint density at radius 3 is 2.38 bits per heavy atom. The maximum Gasteiger partial charge on any atom is 0.308 e. The van der Waals surface area contributed by atoms with E-state index in [2.05, 4.69) is 5.32 Å². The molecule has 2 N–H and O–H groups in total. The number of hydrogen-bond acceptors (Lipinski definition) is 5. The van der Waals surface area contributed by atoms with Crippen molar-refractivity contribution in [1.82, 2.24) is 5.32 Å². The first-order chi connectivity index (χ1) is 10.0. The van der Waals surface area contributed by atoms with E-state index in [1.54, 1.807) is 7.11 Å². The normalized spacial score (nSPS) is 31.5. The average molecular weight is 299 g/mol. The topological polar surface area (TPSA) is 67.8 Å². The molecule has 0 amide bonds. The van der Waals surface area contributed by atoms with Gasteiger partial charge in [0.1, 0.15) is 0 Å². The number of carbonyl (C=O) groups is 1. The highest BCUT2D eigenvalue weighted by atomic mass is 16.5. The van der Waals surface area contributed by atoms with Crippen LogP contribution in [0, 0.1) is 5.92 Å². The summed E-state index contributed by atoms with van der Waals surface area (Å²) in [4.78, 5) is 11.7. The molecule has 0 unspecified atom stereocenters. The summed E-state index contributed by atoms with van der Waals surface area (Å²) in [6.07, 6.45) is 6.16. The lowest BCUT2D eigenvalue weighted by Crippen LogP contribution is -2.52. The van der Waals surface area contributed by atoms with E-state index in [-0.39, 0.29) is 17.5 Å². The minimum atomic E-state index is -0.693. The third-order valence-corrected chi connectivity index (χ3v) is 5.14. The minimum absolute atomic E-state index is 0.0154. The molecule has 0 saturated heterocycles. The Bertz CT molecular complexity index is 341. The van der Waals surface area contributed by atoms with Gasteiger partial charge in [0.25, 0.3) is 0 Å². The largest absolute Gasteiger partial charge is 0.466 e. The van der Waals surface area contributed by atoms with Gasteiger partial charge in [-0.1, -0.05) is 0 Å². The molecule has 21 heavy (non-hydrogen) atoms. The van der Waals surface area contributed by atoms with Gasteiger partial charge in [-0.05, 0) is 51.9 Å². The van der Waals surface area contributed by atoms with Crippen LogP contribution in [-0.4, -0.2) is 49.1 Å². The van der Waals surface area contributed by atoms with Crippen molar-refractivity contribution in [1.29, 1.82) is 0 Å². The van der Waals surface area contributed by atoms with Crippen LogP contribution in [0.3, 0.4) is 0 Å². The van der Waals surface area contributed by atoms with Crippen LogP contribution < -0.4 is 5.32 Å².